The Hall–Kier alpha value is -4.61. The molecule has 4 amide bonds. The van der Waals surface area contributed by atoms with Gasteiger partial charge in [0.25, 0.3) is 0 Å². The summed E-state index contributed by atoms with van der Waals surface area (Å²) in [4.78, 5) is 69.0. The van der Waals surface area contributed by atoms with Crippen LogP contribution in [-0.4, -0.2) is 292 Å². The van der Waals surface area contributed by atoms with Crippen molar-refractivity contribution in [1.29, 1.82) is 0 Å². The van der Waals surface area contributed by atoms with E-state index in [1.165, 1.54) is 6.92 Å². The van der Waals surface area contributed by atoms with Crippen LogP contribution in [0.15, 0.2) is 12.1 Å². The molecule has 0 saturated carbocycles. The average Bonchev–Trinajstić information content (AvgIpc) is 3.03. The van der Waals surface area contributed by atoms with Gasteiger partial charge >= 0.3 is 5.97 Å². The second kappa shape index (κ2) is 36.1. The lowest BCUT2D eigenvalue weighted by Crippen LogP contribution is -2.65. The highest BCUT2D eigenvalue weighted by Gasteiger charge is 2.52. The van der Waals surface area contributed by atoms with E-state index in [0.29, 0.717) is 56.1 Å². The number of nitrogens with one attached hydrogen (secondary N) is 4. The molecule has 0 spiro atoms. The highest BCUT2D eigenvalue weighted by Crippen LogP contribution is 2.31. The molecule has 5 rings (SSSR count). The van der Waals surface area contributed by atoms with E-state index in [-0.39, 0.29) is 70.2 Å². The third kappa shape index (κ3) is 21.3. The number of unbranched alkanes of at least 4 members (excludes halogenated alkanes) is 5. The Bertz CT molecular complexity index is 2200. The van der Waals surface area contributed by atoms with E-state index in [1.807, 2.05) is 0 Å². The zero-order chi connectivity index (χ0) is 63.2. The summed E-state index contributed by atoms with van der Waals surface area (Å²) < 4.78 is 45.0. The molecule has 4 aliphatic rings. The van der Waals surface area contributed by atoms with E-state index in [0.717, 1.165) is 12.1 Å². The quantitative estimate of drug-likeness (QED) is 0.0281. The van der Waals surface area contributed by atoms with E-state index >= 15 is 0 Å². The molecule has 86 heavy (non-hydrogen) atoms. The Morgan fingerprint density at radius 1 is 0.500 bits per heavy atom. The Morgan fingerprint density at radius 2 is 0.977 bits per heavy atom. The maximum atomic E-state index is 13.7. The number of hydrogen-bond donors (Lipinski definition) is 19. The summed E-state index contributed by atoms with van der Waals surface area (Å²) in [5.74, 6) is -3.40. The van der Waals surface area contributed by atoms with Gasteiger partial charge in [0.1, 0.15) is 97.6 Å². The predicted molar refractivity (Wildman–Crippen MR) is 284 cm³/mol. The van der Waals surface area contributed by atoms with Gasteiger partial charge in [-0.05, 0) is 51.9 Å². The molecule has 4 saturated heterocycles. The van der Waals surface area contributed by atoms with Crippen molar-refractivity contribution in [3.05, 3.63) is 12.1 Å². The lowest BCUT2D eigenvalue weighted by molar-refractivity contribution is -0.366. The van der Waals surface area contributed by atoms with Gasteiger partial charge in [-0.2, -0.15) is 0 Å². The molecule has 494 valence electrons. The van der Waals surface area contributed by atoms with Crippen LogP contribution in [0.1, 0.15) is 90.4 Å². The first-order valence-electron chi connectivity index (χ1n) is 28.7. The molecule has 0 aliphatic carbocycles. The first kappa shape index (κ1) is 72.1. The lowest BCUT2D eigenvalue weighted by atomic mass is 9.96. The topological polar surface area (TPSA) is 525 Å². The van der Waals surface area contributed by atoms with E-state index in [2.05, 4.69) is 21.3 Å². The number of aromatic hydroxyl groups is 2. The third-order valence-electron chi connectivity index (χ3n) is 14.7. The Kier molecular flexibility index (Phi) is 30.3. The van der Waals surface area contributed by atoms with Crippen LogP contribution in [-0.2, 0) is 61.9 Å². The van der Waals surface area contributed by atoms with Crippen molar-refractivity contribution in [3.8, 4) is 11.8 Å². The second-order valence-corrected chi connectivity index (χ2v) is 21.3. The number of nitrogens with zero attached hydrogens (tertiary/aromatic N) is 1. The summed E-state index contributed by atoms with van der Waals surface area (Å²) in [7, 11) is 0. The van der Waals surface area contributed by atoms with Gasteiger partial charge in [-0.1, -0.05) is 12.8 Å². The number of aliphatic hydroxyl groups is 13. The summed E-state index contributed by atoms with van der Waals surface area (Å²) >= 11 is 0. The summed E-state index contributed by atoms with van der Waals surface area (Å²) in [6, 6.07) is 1.16. The first-order chi connectivity index (χ1) is 41.0. The summed E-state index contributed by atoms with van der Waals surface area (Å²) in [6.07, 6.45) is -29.3. The Balaban J connectivity index is 1.10. The first-order valence-corrected chi connectivity index (χ1v) is 28.7. The lowest BCUT2D eigenvalue weighted by Gasteiger charge is -2.46. The van der Waals surface area contributed by atoms with Crippen LogP contribution < -0.4 is 26.1 Å². The number of carbonyl (C=O) groups excluding carboxylic acids is 5. The zero-order valence-electron chi connectivity index (χ0n) is 47.5. The van der Waals surface area contributed by atoms with Crippen molar-refractivity contribution in [2.75, 3.05) is 52.7 Å². The van der Waals surface area contributed by atoms with Crippen LogP contribution in [0.25, 0.3) is 0 Å². The molecule has 0 bridgehead atoms. The van der Waals surface area contributed by atoms with Gasteiger partial charge in [-0.3, -0.25) is 19.2 Å². The maximum Gasteiger partial charge on any atom is 0.333 e. The molecule has 5 heterocycles. The molecule has 1 aromatic heterocycles. The van der Waals surface area contributed by atoms with Gasteiger partial charge in [0.15, 0.2) is 25.2 Å². The van der Waals surface area contributed by atoms with E-state index in [1.54, 1.807) is 0 Å². The van der Waals surface area contributed by atoms with E-state index in [4.69, 9.17) is 42.7 Å². The van der Waals surface area contributed by atoms with Crippen LogP contribution in [0.2, 0.25) is 0 Å². The van der Waals surface area contributed by atoms with Gasteiger partial charge in [-0.25, -0.2) is 4.79 Å². The number of aromatic nitrogens is 1. The highest BCUT2D eigenvalue weighted by atomic mass is 16.8. The summed E-state index contributed by atoms with van der Waals surface area (Å²) in [5, 5.41) is 165. The van der Waals surface area contributed by atoms with Crippen LogP contribution in [0.3, 0.4) is 0 Å². The molecule has 0 aromatic carbocycles. The molecule has 1 aromatic rings. The Labute approximate surface area is 493 Å². The molecule has 21 atom stereocenters. The standard InChI is InChI=1S/C52H87N5O29/c1-25-36(66)40(70)43(73)49(81-25)78-20-18-54-31(61)12-7-6-11-30(60)53-17-9-8-10-26(56-32(62)13-4-2-3-5-14-35(65)86-57-33(63)15-16-34(57)64)48(77)55-19-21-79-51-46(76)47(85-52-45(75)42(72)38(68)28(23-59)83-52)39(69)29(84-51)24-80-50-44(74)41(71)37(67)27(22-58)82-50/h15-16,25-29,36-47,49-52,58-59,63-64,66-76H,2-14,17-24H2,1H3,(H,53,60)(H,54,61)(H,55,77)(H,56,62). The maximum absolute atomic E-state index is 13.7. The van der Waals surface area contributed by atoms with Gasteiger partial charge in [0, 0.05) is 57.5 Å². The van der Waals surface area contributed by atoms with Gasteiger partial charge in [0.05, 0.1) is 39.1 Å². The third-order valence-corrected chi connectivity index (χ3v) is 14.7. The van der Waals surface area contributed by atoms with Crippen LogP contribution >= 0.6 is 0 Å². The number of ether oxygens (including phenoxy) is 8. The highest BCUT2D eigenvalue weighted by molar-refractivity contribution is 5.87. The predicted octanol–water partition coefficient (Wildman–Crippen LogP) is -7.93. The molecular weight excluding hydrogens is 1160 g/mol. The van der Waals surface area contributed by atoms with Crippen LogP contribution in [0.5, 0.6) is 11.8 Å². The molecule has 0 radical (unpaired) electrons. The minimum atomic E-state index is -1.99. The molecular formula is C52H87N5O29. The molecule has 4 fully saturated rings. The molecule has 21 unspecified atom stereocenters. The number of amides is 4. The second-order valence-electron chi connectivity index (χ2n) is 21.3. The molecule has 4 aliphatic heterocycles. The Morgan fingerprint density at radius 3 is 1.57 bits per heavy atom. The number of rotatable bonds is 35. The number of aliphatic hydroxyl groups excluding tert-OH is 13. The van der Waals surface area contributed by atoms with Crippen molar-refractivity contribution in [1.82, 2.24) is 26.0 Å². The fraction of sp³-hybridized carbons (Fsp3) is 0.827. The van der Waals surface area contributed by atoms with Crippen molar-refractivity contribution in [2.24, 2.45) is 0 Å². The number of hydrogen-bond acceptors (Lipinski definition) is 29. The van der Waals surface area contributed by atoms with Gasteiger partial charge in [0.2, 0.25) is 35.4 Å². The molecule has 34 nitrogen and oxygen atoms in total. The summed E-state index contributed by atoms with van der Waals surface area (Å²) in [6.45, 7) is -1.33. The molecule has 34 heteroatoms. The van der Waals surface area contributed by atoms with E-state index < -0.39 is 185 Å². The van der Waals surface area contributed by atoms with Gasteiger partial charge in [-0.15, -0.1) is 4.73 Å². The van der Waals surface area contributed by atoms with Crippen molar-refractivity contribution in [3.63, 3.8) is 0 Å². The van der Waals surface area contributed by atoms with Crippen LogP contribution in [0.4, 0.5) is 0 Å². The normalized spacial score (nSPS) is 33.3. The number of carbonyl (C=O) groups is 5. The average molecular weight is 1250 g/mol. The largest absolute Gasteiger partial charge is 0.492 e. The van der Waals surface area contributed by atoms with Crippen molar-refractivity contribution >= 4 is 29.6 Å². The minimum absolute atomic E-state index is 0.0105. The fourth-order valence-corrected chi connectivity index (χ4v) is 9.59. The van der Waals surface area contributed by atoms with Gasteiger partial charge < -0.3 is 141 Å². The minimum Gasteiger partial charge on any atom is -0.492 e. The van der Waals surface area contributed by atoms with Crippen molar-refractivity contribution < 1.29 is 143 Å². The van der Waals surface area contributed by atoms with Crippen molar-refractivity contribution in [2.45, 2.75) is 219 Å². The van der Waals surface area contributed by atoms with Crippen LogP contribution in [0, 0.1) is 0 Å². The fourth-order valence-electron chi connectivity index (χ4n) is 9.59. The SMILES string of the molecule is CC1OC(OCCNC(=O)CCCCC(=O)NCCCCC(NC(=O)CCCCCCC(=O)On2c(O)ccc2O)C(=O)NCCOC2OC(COC3OC(CO)C(O)C(O)C3O)C(O)C(OC3OC(CO)C(O)C(O)C3O)C2O)C(O)C(O)C1O. The van der Waals surface area contributed by atoms with E-state index in [9.17, 15) is 101 Å². The smallest absolute Gasteiger partial charge is 0.333 e. The summed E-state index contributed by atoms with van der Waals surface area (Å²) in [5.41, 5.74) is 0. The zero-order valence-corrected chi connectivity index (χ0v) is 47.5. The monoisotopic (exact) mass is 1250 g/mol. The molecule has 19 N–H and O–H groups in total.